The molecule has 3 rings (SSSR count). The Kier molecular flexibility index (Phi) is 6.45. The minimum Gasteiger partial charge on any atom is -0.491 e. The average molecular weight is 358 g/mol. The second-order valence-electron chi connectivity index (χ2n) is 6.62. The Morgan fingerprint density at radius 2 is 1.30 bits per heavy atom. The van der Waals surface area contributed by atoms with Crippen LogP contribution < -0.4 is 4.74 Å². The standard InChI is InChI=1S/C25H26O2/c1-3-24(20-10-6-4-7-11-20)25(21-12-8-5-9-13-21)22-14-16-23(17-15-22)27-18-19(2)26/h4-17,19,26H,3,18H2,1-2H3. The summed E-state index contributed by atoms with van der Waals surface area (Å²) in [5, 5.41) is 9.40. The van der Waals surface area contributed by atoms with E-state index in [1.54, 1.807) is 6.92 Å². The van der Waals surface area contributed by atoms with E-state index in [4.69, 9.17) is 4.74 Å². The van der Waals surface area contributed by atoms with E-state index in [2.05, 4.69) is 67.6 Å². The zero-order valence-electron chi connectivity index (χ0n) is 15.9. The average Bonchev–Trinajstić information content (AvgIpc) is 2.72. The van der Waals surface area contributed by atoms with Crippen LogP contribution in [-0.2, 0) is 0 Å². The zero-order valence-corrected chi connectivity index (χ0v) is 15.9. The number of hydrogen-bond acceptors (Lipinski definition) is 2. The normalized spacial score (nSPS) is 13.0. The van der Waals surface area contributed by atoms with Gasteiger partial charge in [-0.05, 0) is 53.3 Å². The summed E-state index contributed by atoms with van der Waals surface area (Å²) in [6.07, 6.45) is 0.461. The second kappa shape index (κ2) is 9.20. The number of rotatable bonds is 7. The van der Waals surface area contributed by atoms with Crippen molar-refractivity contribution in [3.05, 3.63) is 102 Å². The van der Waals surface area contributed by atoms with E-state index in [1.165, 1.54) is 22.3 Å². The third-order valence-electron chi connectivity index (χ3n) is 4.47. The van der Waals surface area contributed by atoms with Crippen LogP contribution in [0.25, 0.3) is 11.1 Å². The molecular formula is C25H26O2. The van der Waals surface area contributed by atoms with E-state index >= 15 is 0 Å². The van der Waals surface area contributed by atoms with Gasteiger partial charge >= 0.3 is 0 Å². The van der Waals surface area contributed by atoms with E-state index in [9.17, 15) is 5.11 Å². The highest BCUT2D eigenvalue weighted by Gasteiger charge is 2.13. The van der Waals surface area contributed by atoms with Crippen molar-refractivity contribution in [2.75, 3.05) is 6.61 Å². The molecule has 2 nitrogen and oxygen atoms in total. The van der Waals surface area contributed by atoms with Crippen molar-refractivity contribution in [1.29, 1.82) is 0 Å². The number of hydrogen-bond donors (Lipinski definition) is 1. The molecule has 138 valence electrons. The van der Waals surface area contributed by atoms with E-state index < -0.39 is 6.10 Å². The SMILES string of the molecule is CCC(=C(c1ccccc1)c1ccc(OCC(C)O)cc1)c1ccccc1. The highest BCUT2D eigenvalue weighted by molar-refractivity contribution is 5.98. The fraction of sp³-hybridized carbons (Fsp3) is 0.200. The molecule has 27 heavy (non-hydrogen) atoms. The summed E-state index contributed by atoms with van der Waals surface area (Å²) in [5.41, 5.74) is 6.17. The molecule has 1 unspecified atom stereocenters. The maximum Gasteiger partial charge on any atom is 0.119 e. The molecule has 0 aliphatic rings. The maximum absolute atomic E-state index is 9.40. The Labute approximate surface area is 161 Å². The summed E-state index contributed by atoms with van der Waals surface area (Å²) in [4.78, 5) is 0. The van der Waals surface area contributed by atoms with E-state index in [0.29, 0.717) is 6.61 Å². The van der Waals surface area contributed by atoms with Gasteiger partial charge in [-0.1, -0.05) is 79.7 Å². The molecule has 0 saturated carbocycles. The van der Waals surface area contributed by atoms with Crippen LogP contribution in [0.1, 0.15) is 37.0 Å². The molecule has 0 aromatic heterocycles. The monoisotopic (exact) mass is 358 g/mol. The Morgan fingerprint density at radius 3 is 1.81 bits per heavy atom. The Balaban J connectivity index is 2.07. The molecule has 0 radical (unpaired) electrons. The van der Waals surface area contributed by atoms with Crippen molar-refractivity contribution in [3.8, 4) is 5.75 Å². The minimum absolute atomic E-state index is 0.297. The van der Waals surface area contributed by atoms with E-state index in [-0.39, 0.29) is 0 Å². The summed E-state index contributed by atoms with van der Waals surface area (Å²) in [6.45, 7) is 4.22. The number of aliphatic hydroxyl groups is 1. The lowest BCUT2D eigenvalue weighted by atomic mass is 9.88. The quantitative estimate of drug-likeness (QED) is 0.540. The molecule has 0 aliphatic heterocycles. The summed E-state index contributed by atoms with van der Waals surface area (Å²) in [6, 6.07) is 29.2. The van der Waals surface area contributed by atoms with E-state index in [1.807, 2.05) is 24.3 Å². The molecule has 2 heteroatoms. The van der Waals surface area contributed by atoms with Gasteiger partial charge in [-0.15, -0.1) is 0 Å². The third kappa shape index (κ3) is 4.87. The van der Waals surface area contributed by atoms with Gasteiger partial charge in [0.25, 0.3) is 0 Å². The fourth-order valence-electron chi connectivity index (χ4n) is 3.22. The van der Waals surface area contributed by atoms with Gasteiger partial charge in [0.05, 0.1) is 6.10 Å². The lowest BCUT2D eigenvalue weighted by Gasteiger charge is -2.17. The van der Waals surface area contributed by atoms with Crippen molar-refractivity contribution < 1.29 is 9.84 Å². The molecule has 1 N–H and O–H groups in total. The maximum atomic E-state index is 9.40. The molecule has 3 aromatic carbocycles. The van der Waals surface area contributed by atoms with Crippen LogP contribution in [0.3, 0.4) is 0 Å². The molecule has 0 amide bonds. The van der Waals surface area contributed by atoms with Gasteiger partial charge in [0.15, 0.2) is 0 Å². The van der Waals surface area contributed by atoms with Gasteiger partial charge in [-0.25, -0.2) is 0 Å². The molecule has 0 heterocycles. The first-order valence-corrected chi connectivity index (χ1v) is 9.44. The first-order valence-electron chi connectivity index (χ1n) is 9.44. The lowest BCUT2D eigenvalue weighted by molar-refractivity contribution is 0.123. The van der Waals surface area contributed by atoms with Crippen molar-refractivity contribution in [2.24, 2.45) is 0 Å². The molecule has 0 fully saturated rings. The van der Waals surface area contributed by atoms with Gasteiger partial charge in [0, 0.05) is 0 Å². The first kappa shape index (κ1) is 18.9. The van der Waals surface area contributed by atoms with Crippen molar-refractivity contribution >= 4 is 11.1 Å². The molecule has 0 saturated heterocycles. The first-order chi connectivity index (χ1) is 13.2. The zero-order chi connectivity index (χ0) is 19.1. The van der Waals surface area contributed by atoms with Crippen LogP contribution in [0.4, 0.5) is 0 Å². The molecule has 0 spiro atoms. The number of allylic oxidation sites excluding steroid dienone is 1. The van der Waals surface area contributed by atoms with Crippen LogP contribution >= 0.6 is 0 Å². The number of ether oxygens (including phenoxy) is 1. The van der Waals surface area contributed by atoms with Crippen LogP contribution in [0.5, 0.6) is 5.75 Å². The summed E-state index contributed by atoms with van der Waals surface area (Å²) in [7, 11) is 0. The van der Waals surface area contributed by atoms with Crippen molar-refractivity contribution in [1.82, 2.24) is 0 Å². The predicted octanol–water partition coefficient (Wildman–Crippen LogP) is 5.82. The summed E-state index contributed by atoms with van der Waals surface area (Å²) < 4.78 is 5.61. The third-order valence-corrected chi connectivity index (χ3v) is 4.47. The van der Waals surface area contributed by atoms with E-state index in [0.717, 1.165) is 17.7 Å². The molecule has 1 atom stereocenters. The van der Waals surface area contributed by atoms with Gasteiger partial charge in [-0.3, -0.25) is 0 Å². The van der Waals surface area contributed by atoms with Gasteiger partial charge in [-0.2, -0.15) is 0 Å². The minimum atomic E-state index is -0.478. The van der Waals surface area contributed by atoms with Crippen molar-refractivity contribution in [2.45, 2.75) is 26.4 Å². The highest BCUT2D eigenvalue weighted by atomic mass is 16.5. The smallest absolute Gasteiger partial charge is 0.119 e. The van der Waals surface area contributed by atoms with Crippen molar-refractivity contribution in [3.63, 3.8) is 0 Å². The molecule has 0 bridgehead atoms. The molecule has 3 aromatic rings. The van der Waals surface area contributed by atoms with Gasteiger partial charge < -0.3 is 9.84 Å². The van der Waals surface area contributed by atoms with Crippen LogP contribution in [-0.4, -0.2) is 17.8 Å². The summed E-state index contributed by atoms with van der Waals surface area (Å²) >= 11 is 0. The fourth-order valence-corrected chi connectivity index (χ4v) is 3.22. The summed E-state index contributed by atoms with van der Waals surface area (Å²) in [5.74, 6) is 0.768. The van der Waals surface area contributed by atoms with Gasteiger partial charge in [0.1, 0.15) is 12.4 Å². The topological polar surface area (TPSA) is 29.5 Å². The van der Waals surface area contributed by atoms with Crippen LogP contribution in [0, 0.1) is 0 Å². The molecule has 0 aliphatic carbocycles. The highest BCUT2D eigenvalue weighted by Crippen LogP contribution is 2.34. The number of aliphatic hydroxyl groups excluding tert-OH is 1. The molecular weight excluding hydrogens is 332 g/mol. The Hall–Kier alpha value is -2.84. The Morgan fingerprint density at radius 1 is 0.778 bits per heavy atom. The van der Waals surface area contributed by atoms with Gasteiger partial charge in [0.2, 0.25) is 0 Å². The lowest BCUT2D eigenvalue weighted by Crippen LogP contribution is -2.12. The van der Waals surface area contributed by atoms with Crippen LogP contribution in [0.2, 0.25) is 0 Å². The van der Waals surface area contributed by atoms with Crippen LogP contribution in [0.15, 0.2) is 84.9 Å². The predicted molar refractivity (Wildman–Crippen MR) is 113 cm³/mol. The number of benzene rings is 3. The Bertz CT molecular complexity index is 863. The largest absolute Gasteiger partial charge is 0.491 e. The second-order valence-corrected chi connectivity index (χ2v) is 6.62.